The lowest BCUT2D eigenvalue weighted by atomic mass is 9.78. The Bertz CT molecular complexity index is 607. The van der Waals surface area contributed by atoms with Crippen LogP contribution in [0.25, 0.3) is 0 Å². The number of hydrogen-bond donors (Lipinski definition) is 1. The first-order valence-corrected chi connectivity index (χ1v) is 11.4. The number of β-lactam (4-membered cyclic amide) rings is 1. The van der Waals surface area contributed by atoms with Crippen LogP contribution in [0.15, 0.2) is 18.7 Å². The fraction of sp³-hybridized carbons (Fsp3) is 0.706. The fourth-order valence-electron chi connectivity index (χ4n) is 2.85. The van der Waals surface area contributed by atoms with E-state index in [2.05, 4.69) is 44.2 Å². The van der Waals surface area contributed by atoms with Crippen LogP contribution in [-0.2, 0) is 9.22 Å². The van der Waals surface area contributed by atoms with Gasteiger partial charge in [-0.25, -0.2) is 4.98 Å². The molecule has 0 spiro atoms. The Labute approximate surface area is 145 Å². The van der Waals surface area contributed by atoms with Crippen molar-refractivity contribution >= 4 is 20.1 Å². The Balaban J connectivity index is 2.09. The quantitative estimate of drug-likeness (QED) is 0.654. The number of nitrogens with one attached hydrogen (secondary N) is 1. The number of aromatic nitrogens is 2. The number of nitrogens with zero attached hydrogens (tertiary/aromatic N) is 2. The molecule has 1 aromatic rings. The molecule has 0 bridgehead atoms. The highest BCUT2D eigenvalue weighted by molar-refractivity contribution is 6.74. The molecule has 6 nitrogen and oxygen atoms in total. The summed E-state index contributed by atoms with van der Waals surface area (Å²) in [5, 5.41) is 2.96. The molecule has 2 rings (SSSR count). The Morgan fingerprint density at radius 1 is 1.38 bits per heavy atom. The maximum absolute atomic E-state index is 12.5. The topological polar surface area (TPSA) is 73.2 Å². The first-order valence-electron chi connectivity index (χ1n) is 8.46. The van der Waals surface area contributed by atoms with Crippen molar-refractivity contribution in [2.75, 3.05) is 0 Å². The van der Waals surface area contributed by atoms with Gasteiger partial charge >= 0.3 is 0 Å². The van der Waals surface area contributed by atoms with E-state index in [1.54, 1.807) is 12.4 Å². The summed E-state index contributed by atoms with van der Waals surface area (Å²) < 4.78 is 7.84. The van der Waals surface area contributed by atoms with Gasteiger partial charge < -0.3 is 9.74 Å². The van der Waals surface area contributed by atoms with E-state index in [9.17, 15) is 9.59 Å². The molecule has 0 saturated carbocycles. The second-order valence-electron chi connectivity index (χ2n) is 8.24. The third kappa shape index (κ3) is 3.47. The number of rotatable bonds is 5. The maximum Gasteiger partial charge on any atom is 0.236 e. The van der Waals surface area contributed by atoms with Gasteiger partial charge in [0.05, 0.1) is 24.0 Å². The second-order valence-corrected chi connectivity index (χ2v) is 13.0. The molecule has 1 saturated heterocycles. The SMILES string of the molecule is C[C@H](O[Si](C)(C)C(C)(C)C)[C@H]1C(=O)N[C@@H]1[C@@H](C)C(=O)n1ccnc1. The molecule has 1 fully saturated rings. The average molecular weight is 352 g/mol. The molecular formula is C17H29N3O3Si. The van der Waals surface area contributed by atoms with Crippen LogP contribution in [0.4, 0.5) is 0 Å². The first kappa shape index (κ1) is 18.9. The van der Waals surface area contributed by atoms with E-state index in [0.29, 0.717) is 0 Å². The van der Waals surface area contributed by atoms with Gasteiger partial charge in [0.2, 0.25) is 11.8 Å². The van der Waals surface area contributed by atoms with Crippen LogP contribution < -0.4 is 5.32 Å². The van der Waals surface area contributed by atoms with Crippen molar-refractivity contribution in [3.63, 3.8) is 0 Å². The molecule has 4 atom stereocenters. The molecule has 2 heterocycles. The van der Waals surface area contributed by atoms with Gasteiger partial charge in [-0.3, -0.25) is 14.2 Å². The molecule has 0 radical (unpaired) electrons. The van der Waals surface area contributed by atoms with Gasteiger partial charge in [-0.1, -0.05) is 27.7 Å². The van der Waals surface area contributed by atoms with Crippen molar-refractivity contribution in [2.45, 2.75) is 64.9 Å². The van der Waals surface area contributed by atoms with Crippen LogP contribution in [0.1, 0.15) is 39.4 Å². The molecule has 134 valence electrons. The minimum absolute atomic E-state index is 0.0310. The molecule has 0 aliphatic carbocycles. The van der Waals surface area contributed by atoms with Gasteiger partial charge in [0.1, 0.15) is 6.33 Å². The highest BCUT2D eigenvalue weighted by atomic mass is 28.4. The second kappa shape index (κ2) is 6.44. The lowest BCUT2D eigenvalue weighted by molar-refractivity contribution is -0.141. The summed E-state index contributed by atoms with van der Waals surface area (Å²) in [5.41, 5.74) is 0. The highest BCUT2D eigenvalue weighted by Crippen LogP contribution is 2.39. The van der Waals surface area contributed by atoms with Crippen LogP contribution in [0.2, 0.25) is 18.1 Å². The Morgan fingerprint density at radius 3 is 2.46 bits per heavy atom. The van der Waals surface area contributed by atoms with E-state index in [0.717, 1.165) is 0 Å². The van der Waals surface area contributed by atoms with Crippen molar-refractivity contribution < 1.29 is 14.0 Å². The van der Waals surface area contributed by atoms with E-state index < -0.39 is 8.32 Å². The lowest BCUT2D eigenvalue weighted by Crippen LogP contribution is -2.67. The predicted octanol–water partition coefficient (Wildman–Crippen LogP) is 2.68. The largest absolute Gasteiger partial charge is 0.413 e. The molecule has 1 aliphatic heterocycles. The van der Waals surface area contributed by atoms with Crippen LogP contribution in [-0.4, -0.2) is 41.8 Å². The van der Waals surface area contributed by atoms with Gasteiger partial charge in [0, 0.05) is 12.4 Å². The normalized spacial score (nSPS) is 24.0. The van der Waals surface area contributed by atoms with E-state index in [1.165, 1.54) is 10.9 Å². The van der Waals surface area contributed by atoms with E-state index in [4.69, 9.17) is 4.43 Å². The third-order valence-electron chi connectivity index (χ3n) is 5.48. The zero-order chi connectivity index (χ0) is 18.3. The van der Waals surface area contributed by atoms with Gasteiger partial charge in [-0.2, -0.15) is 0 Å². The van der Waals surface area contributed by atoms with E-state index >= 15 is 0 Å². The van der Waals surface area contributed by atoms with Crippen LogP contribution in [0.5, 0.6) is 0 Å². The number of carbonyl (C=O) groups excluding carboxylic acids is 2. The molecule has 24 heavy (non-hydrogen) atoms. The lowest BCUT2D eigenvalue weighted by Gasteiger charge is -2.46. The Kier molecular flexibility index (Phi) is 5.06. The minimum atomic E-state index is -1.97. The summed E-state index contributed by atoms with van der Waals surface area (Å²) in [4.78, 5) is 28.5. The maximum atomic E-state index is 12.5. The molecule has 0 unspecified atom stereocenters. The molecule has 1 amide bonds. The number of amides is 1. The van der Waals surface area contributed by atoms with Crippen molar-refractivity contribution in [1.82, 2.24) is 14.9 Å². The number of carbonyl (C=O) groups is 2. The van der Waals surface area contributed by atoms with Crippen molar-refractivity contribution in [3.8, 4) is 0 Å². The van der Waals surface area contributed by atoms with Gasteiger partial charge in [0.15, 0.2) is 8.32 Å². The molecular weight excluding hydrogens is 322 g/mol. The summed E-state index contributed by atoms with van der Waals surface area (Å²) in [7, 11) is -1.97. The van der Waals surface area contributed by atoms with Crippen molar-refractivity contribution in [3.05, 3.63) is 18.7 Å². The van der Waals surface area contributed by atoms with Crippen molar-refractivity contribution in [2.24, 2.45) is 11.8 Å². The van der Waals surface area contributed by atoms with Crippen LogP contribution in [0, 0.1) is 11.8 Å². The summed E-state index contributed by atoms with van der Waals surface area (Å²) in [5.74, 6) is -0.715. The average Bonchev–Trinajstić information content (AvgIpc) is 2.95. The molecule has 1 N–H and O–H groups in total. The van der Waals surface area contributed by atoms with Gasteiger partial charge in [0.25, 0.3) is 0 Å². The summed E-state index contributed by atoms with van der Waals surface area (Å²) in [6.45, 7) is 14.7. The summed E-state index contributed by atoms with van der Waals surface area (Å²) >= 11 is 0. The van der Waals surface area contributed by atoms with Crippen LogP contribution >= 0.6 is 0 Å². The number of imidazole rings is 1. The van der Waals surface area contributed by atoms with E-state index in [-0.39, 0.29) is 40.8 Å². The fourth-order valence-corrected chi connectivity index (χ4v) is 4.28. The van der Waals surface area contributed by atoms with Crippen LogP contribution in [0.3, 0.4) is 0 Å². The minimum Gasteiger partial charge on any atom is -0.413 e. The molecule has 0 aromatic carbocycles. The Hall–Kier alpha value is -1.47. The standard InChI is InChI=1S/C17H29N3O3Si/c1-11(16(22)20-9-8-18-10-20)14-13(15(21)19-14)12(2)23-24(6,7)17(3,4)5/h8-14H,1-7H3,(H,19,21)/t11-,12+,13-,14-/m1/s1. The van der Waals surface area contributed by atoms with Gasteiger partial charge in [-0.15, -0.1) is 0 Å². The molecule has 1 aromatic heterocycles. The predicted molar refractivity (Wildman–Crippen MR) is 95.2 cm³/mol. The summed E-state index contributed by atoms with van der Waals surface area (Å²) in [6, 6.07) is -0.202. The Morgan fingerprint density at radius 2 is 2.00 bits per heavy atom. The third-order valence-corrected chi connectivity index (χ3v) is 10.1. The highest BCUT2D eigenvalue weighted by Gasteiger charge is 2.50. The zero-order valence-electron chi connectivity index (χ0n) is 15.7. The smallest absolute Gasteiger partial charge is 0.236 e. The molecule has 1 aliphatic rings. The monoisotopic (exact) mass is 351 g/mol. The first-order chi connectivity index (χ1) is 11.0. The van der Waals surface area contributed by atoms with Crippen molar-refractivity contribution in [1.29, 1.82) is 0 Å². The zero-order valence-corrected chi connectivity index (χ0v) is 16.7. The molecule has 7 heteroatoms. The van der Waals surface area contributed by atoms with Gasteiger partial charge in [-0.05, 0) is 25.1 Å². The summed E-state index contributed by atoms with van der Waals surface area (Å²) in [6.07, 6.45) is 4.49. The van der Waals surface area contributed by atoms with E-state index in [1.807, 2.05) is 13.8 Å². The number of hydrogen-bond acceptors (Lipinski definition) is 4.